The number of fused-ring (bicyclic) bond motifs is 1. The van der Waals surface area contributed by atoms with E-state index in [0.717, 1.165) is 17.7 Å². The van der Waals surface area contributed by atoms with E-state index in [2.05, 4.69) is 0 Å². The third-order valence-electron chi connectivity index (χ3n) is 4.08. The number of hydrogen-bond donors (Lipinski definition) is 0. The molecule has 0 saturated carbocycles. The number of nitrogens with zero attached hydrogens (tertiary/aromatic N) is 1. The summed E-state index contributed by atoms with van der Waals surface area (Å²) in [4.78, 5) is 26.2. The molecule has 0 radical (unpaired) electrons. The lowest BCUT2D eigenvalue weighted by atomic mass is 9.88. The fourth-order valence-electron chi connectivity index (χ4n) is 2.95. The van der Waals surface area contributed by atoms with Crippen LogP contribution in [0, 0.1) is 12.7 Å². The fourth-order valence-corrected chi connectivity index (χ4v) is 2.95. The van der Waals surface area contributed by atoms with Gasteiger partial charge in [-0.1, -0.05) is 23.8 Å². The number of halogens is 2. The largest absolute Gasteiger partial charge is 0.443 e. The zero-order chi connectivity index (χ0) is 19.3. The molecule has 2 amide bonds. The van der Waals surface area contributed by atoms with Crippen LogP contribution in [0.2, 0.25) is 0 Å². The molecule has 136 valence electrons. The Morgan fingerprint density at radius 3 is 2.31 bits per heavy atom. The second-order valence-electron chi connectivity index (χ2n) is 7.31. The molecule has 0 unspecified atom stereocenters. The van der Waals surface area contributed by atoms with Crippen molar-refractivity contribution < 1.29 is 23.1 Å². The van der Waals surface area contributed by atoms with Gasteiger partial charge in [0.2, 0.25) is 5.67 Å². The van der Waals surface area contributed by atoms with Crippen molar-refractivity contribution in [2.75, 3.05) is 4.90 Å². The zero-order valence-electron chi connectivity index (χ0n) is 15.0. The number of alkyl halides is 1. The van der Waals surface area contributed by atoms with Gasteiger partial charge in [0.1, 0.15) is 11.4 Å². The molecule has 0 fully saturated rings. The van der Waals surface area contributed by atoms with E-state index in [1.165, 1.54) is 24.3 Å². The second-order valence-corrected chi connectivity index (χ2v) is 7.31. The molecule has 0 aromatic heterocycles. The van der Waals surface area contributed by atoms with Gasteiger partial charge in [-0.3, -0.25) is 4.79 Å². The molecule has 0 bridgehead atoms. The summed E-state index contributed by atoms with van der Waals surface area (Å²) in [5, 5.41) is 0. The van der Waals surface area contributed by atoms with Crippen molar-refractivity contribution in [1.82, 2.24) is 0 Å². The van der Waals surface area contributed by atoms with Gasteiger partial charge in [-0.05, 0) is 52.0 Å². The average molecular weight is 359 g/mol. The number of carbonyl (C=O) groups excluding carboxylic acids is 2. The smallest absolute Gasteiger partial charge is 0.421 e. The fraction of sp³-hybridized carbons (Fsp3) is 0.300. The highest BCUT2D eigenvalue weighted by Crippen LogP contribution is 2.48. The molecule has 26 heavy (non-hydrogen) atoms. The Hall–Kier alpha value is -2.76. The molecule has 1 aliphatic rings. The first-order valence-corrected chi connectivity index (χ1v) is 8.17. The third-order valence-corrected chi connectivity index (χ3v) is 4.08. The Balaban J connectivity index is 2.16. The number of ether oxygens (including phenoxy) is 1. The van der Waals surface area contributed by atoms with Crippen LogP contribution in [0.3, 0.4) is 0 Å². The van der Waals surface area contributed by atoms with Gasteiger partial charge in [0, 0.05) is 11.1 Å². The van der Waals surface area contributed by atoms with Crippen LogP contribution in [-0.4, -0.2) is 17.6 Å². The van der Waals surface area contributed by atoms with Crippen LogP contribution in [0.15, 0.2) is 42.5 Å². The number of aryl methyl sites for hydroxylation is 1. The lowest BCUT2D eigenvalue weighted by molar-refractivity contribution is -0.126. The minimum absolute atomic E-state index is 0.0400. The van der Waals surface area contributed by atoms with Crippen molar-refractivity contribution in [3.05, 3.63) is 65.0 Å². The van der Waals surface area contributed by atoms with E-state index in [1.54, 1.807) is 33.8 Å². The summed E-state index contributed by atoms with van der Waals surface area (Å²) in [6.07, 6.45) is -0.950. The molecule has 1 atom stereocenters. The van der Waals surface area contributed by atoms with Crippen LogP contribution in [0.25, 0.3) is 0 Å². The minimum atomic E-state index is -2.59. The van der Waals surface area contributed by atoms with Crippen LogP contribution in [0.1, 0.15) is 37.5 Å². The molecule has 4 nitrogen and oxygen atoms in total. The first kappa shape index (κ1) is 18.0. The molecule has 6 heteroatoms. The van der Waals surface area contributed by atoms with Crippen molar-refractivity contribution in [1.29, 1.82) is 0 Å². The number of rotatable bonds is 1. The van der Waals surface area contributed by atoms with Crippen molar-refractivity contribution >= 4 is 17.7 Å². The monoisotopic (exact) mass is 359 g/mol. The predicted octanol–water partition coefficient (Wildman–Crippen LogP) is 4.63. The van der Waals surface area contributed by atoms with Crippen molar-refractivity contribution in [2.45, 2.75) is 39.0 Å². The summed E-state index contributed by atoms with van der Waals surface area (Å²) in [5.41, 5.74) is -2.58. The predicted molar refractivity (Wildman–Crippen MR) is 93.2 cm³/mol. The normalized spacial score (nSPS) is 19.5. The maximum absolute atomic E-state index is 16.1. The second kappa shape index (κ2) is 5.90. The maximum atomic E-state index is 16.1. The highest BCUT2D eigenvalue weighted by atomic mass is 19.1. The SMILES string of the molecule is Cc1ccc2c(c1)[C@@](F)(c1ccc(F)cc1)C(=O)N2C(=O)OC(C)(C)C. The minimum Gasteiger partial charge on any atom is -0.443 e. The summed E-state index contributed by atoms with van der Waals surface area (Å²) in [6.45, 7) is 6.73. The standard InChI is InChI=1S/C20H19F2NO3/c1-12-5-10-16-15(11-12)20(22,13-6-8-14(21)9-7-13)17(24)23(16)18(25)26-19(2,3)4/h5-11H,1-4H3/t20-/m0/s1. The van der Waals surface area contributed by atoms with Gasteiger partial charge in [0.05, 0.1) is 5.69 Å². The van der Waals surface area contributed by atoms with Gasteiger partial charge in [-0.25, -0.2) is 18.5 Å². The average Bonchev–Trinajstić information content (AvgIpc) is 2.75. The summed E-state index contributed by atoms with van der Waals surface area (Å²) in [7, 11) is 0. The quantitative estimate of drug-likeness (QED) is 0.746. The number of hydrogen-bond acceptors (Lipinski definition) is 3. The van der Waals surface area contributed by atoms with Crippen molar-refractivity contribution in [2.24, 2.45) is 0 Å². The van der Waals surface area contributed by atoms with Crippen molar-refractivity contribution in [3.63, 3.8) is 0 Å². The van der Waals surface area contributed by atoms with E-state index in [9.17, 15) is 14.0 Å². The van der Waals surface area contributed by atoms with Gasteiger partial charge < -0.3 is 4.74 Å². The molecule has 1 aliphatic heterocycles. The summed E-state index contributed by atoms with van der Waals surface area (Å²) >= 11 is 0. The van der Waals surface area contributed by atoms with Crippen LogP contribution in [-0.2, 0) is 15.2 Å². The maximum Gasteiger partial charge on any atom is 0.421 e. The number of benzene rings is 2. The molecule has 1 heterocycles. The number of anilines is 1. The molecular formula is C20H19F2NO3. The van der Waals surface area contributed by atoms with Crippen LogP contribution < -0.4 is 4.90 Å². The number of amides is 2. The topological polar surface area (TPSA) is 46.6 Å². The zero-order valence-corrected chi connectivity index (χ0v) is 15.0. The van der Waals surface area contributed by atoms with E-state index in [-0.39, 0.29) is 16.8 Å². The lowest BCUT2D eigenvalue weighted by Crippen LogP contribution is -2.44. The van der Waals surface area contributed by atoms with Gasteiger partial charge >= 0.3 is 6.09 Å². The Morgan fingerprint density at radius 1 is 1.12 bits per heavy atom. The summed E-state index contributed by atoms with van der Waals surface area (Å²) < 4.78 is 34.6. The molecule has 2 aromatic rings. The number of imide groups is 1. The third kappa shape index (κ3) is 2.85. The highest BCUT2D eigenvalue weighted by molar-refractivity contribution is 6.21. The Morgan fingerprint density at radius 2 is 1.73 bits per heavy atom. The Kier molecular flexibility index (Phi) is 4.09. The van der Waals surface area contributed by atoms with Crippen LogP contribution in [0.5, 0.6) is 0 Å². The van der Waals surface area contributed by atoms with Gasteiger partial charge in [-0.15, -0.1) is 0 Å². The van der Waals surface area contributed by atoms with E-state index < -0.39 is 29.1 Å². The lowest BCUT2D eigenvalue weighted by Gasteiger charge is -2.24. The van der Waals surface area contributed by atoms with E-state index in [1.807, 2.05) is 0 Å². The van der Waals surface area contributed by atoms with Crippen molar-refractivity contribution in [3.8, 4) is 0 Å². The summed E-state index contributed by atoms with van der Waals surface area (Å²) in [5.74, 6) is -1.62. The molecule has 2 aromatic carbocycles. The summed E-state index contributed by atoms with van der Waals surface area (Å²) in [6, 6.07) is 9.28. The highest BCUT2D eigenvalue weighted by Gasteiger charge is 2.56. The van der Waals surface area contributed by atoms with Crippen LogP contribution in [0.4, 0.5) is 19.3 Å². The first-order chi connectivity index (χ1) is 12.0. The van der Waals surface area contributed by atoms with E-state index in [0.29, 0.717) is 4.90 Å². The van der Waals surface area contributed by atoms with Crippen LogP contribution >= 0.6 is 0 Å². The molecule has 3 rings (SSSR count). The first-order valence-electron chi connectivity index (χ1n) is 8.17. The van der Waals surface area contributed by atoms with E-state index >= 15 is 4.39 Å². The van der Waals surface area contributed by atoms with Gasteiger partial charge in [0.15, 0.2) is 0 Å². The van der Waals surface area contributed by atoms with E-state index in [4.69, 9.17) is 4.74 Å². The molecule has 0 saturated heterocycles. The molecule has 0 spiro atoms. The Bertz CT molecular complexity index is 887. The van der Waals surface area contributed by atoms with Gasteiger partial charge in [0.25, 0.3) is 5.91 Å². The molecule has 0 aliphatic carbocycles. The molecular weight excluding hydrogens is 340 g/mol. The Labute approximate surface area is 150 Å². The van der Waals surface area contributed by atoms with Gasteiger partial charge in [-0.2, -0.15) is 0 Å². The number of carbonyl (C=O) groups is 2. The molecule has 0 N–H and O–H groups in total.